The van der Waals surface area contributed by atoms with Gasteiger partial charge >= 0.3 is 0 Å². The second kappa shape index (κ2) is 6.06. The van der Waals surface area contributed by atoms with E-state index >= 15 is 0 Å². The van der Waals surface area contributed by atoms with E-state index in [2.05, 4.69) is 18.2 Å². The lowest BCUT2D eigenvalue weighted by Crippen LogP contribution is -2.49. The van der Waals surface area contributed by atoms with Crippen LogP contribution in [0.5, 0.6) is 0 Å². The van der Waals surface area contributed by atoms with Crippen LogP contribution < -0.4 is 5.32 Å². The van der Waals surface area contributed by atoms with Gasteiger partial charge in [-0.2, -0.15) is 0 Å². The Balaban J connectivity index is 2.12. The Bertz CT molecular complexity index is 191. The molecule has 0 saturated heterocycles. The minimum atomic E-state index is 0.257. The average molecular weight is 195 g/mol. The molecule has 1 rings (SSSR count). The summed E-state index contributed by atoms with van der Waals surface area (Å²) in [4.78, 5) is 0. The van der Waals surface area contributed by atoms with Gasteiger partial charge in [0.25, 0.3) is 0 Å². The van der Waals surface area contributed by atoms with E-state index in [1.54, 1.807) is 0 Å². The molecule has 2 heteroatoms. The van der Waals surface area contributed by atoms with E-state index < -0.39 is 0 Å². The highest BCUT2D eigenvalue weighted by atomic mass is 16.5. The van der Waals surface area contributed by atoms with Gasteiger partial charge in [0.15, 0.2) is 0 Å². The average Bonchev–Trinajstić information content (AvgIpc) is 2.13. The van der Waals surface area contributed by atoms with Gasteiger partial charge < -0.3 is 10.1 Å². The molecule has 1 N–H and O–H groups in total. The van der Waals surface area contributed by atoms with Crippen molar-refractivity contribution in [3.63, 3.8) is 0 Å². The third kappa shape index (κ3) is 3.32. The summed E-state index contributed by atoms with van der Waals surface area (Å²) >= 11 is 0. The number of terminal acetylenes is 1. The van der Waals surface area contributed by atoms with Crippen LogP contribution in [0, 0.1) is 12.3 Å². The van der Waals surface area contributed by atoms with Crippen molar-refractivity contribution in [2.45, 2.75) is 57.7 Å². The maximum atomic E-state index is 5.49. The van der Waals surface area contributed by atoms with Crippen LogP contribution in [0.25, 0.3) is 0 Å². The molecule has 0 spiro atoms. The Morgan fingerprint density at radius 1 is 1.50 bits per heavy atom. The SMILES string of the molecule is C#CC(CCC)NC1CC(OCC)C1. The number of ether oxygens (including phenoxy) is 1. The predicted molar refractivity (Wildman–Crippen MR) is 59.1 cm³/mol. The van der Waals surface area contributed by atoms with Gasteiger partial charge in [-0.05, 0) is 26.2 Å². The molecule has 1 aliphatic rings. The summed E-state index contributed by atoms with van der Waals surface area (Å²) in [6, 6.07) is 0.840. The number of hydrogen-bond donors (Lipinski definition) is 1. The van der Waals surface area contributed by atoms with Crippen molar-refractivity contribution in [2.24, 2.45) is 0 Å². The Hall–Kier alpha value is -0.520. The molecule has 1 aliphatic carbocycles. The van der Waals surface area contributed by atoms with E-state index in [1.165, 1.54) is 0 Å². The first-order valence-electron chi connectivity index (χ1n) is 5.63. The largest absolute Gasteiger partial charge is 0.378 e. The molecule has 1 saturated carbocycles. The van der Waals surface area contributed by atoms with E-state index in [1.807, 2.05) is 6.92 Å². The summed E-state index contributed by atoms with van der Waals surface area (Å²) in [6.45, 7) is 5.03. The Morgan fingerprint density at radius 3 is 2.71 bits per heavy atom. The third-order valence-electron chi connectivity index (χ3n) is 2.71. The first-order valence-corrected chi connectivity index (χ1v) is 5.63. The lowest BCUT2D eigenvalue weighted by atomic mass is 9.88. The van der Waals surface area contributed by atoms with E-state index in [9.17, 15) is 0 Å². The van der Waals surface area contributed by atoms with Gasteiger partial charge in [-0.3, -0.25) is 0 Å². The summed E-state index contributed by atoms with van der Waals surface area (Å²) in [5.41, 5.74) is 0. The second-order valence-corrected chi connectivity index (χ2v) is 3.92. The summed E-state index contributed by atoms with van der Waals surface area (Å²) in [5.74, 6) is 2.80. The number of rotatable bonds is 6. The highest BCUT2D eigenvalue weighted by Gasteiger charge is 2.30. The van der Waals surface area contributed by atoms with Crippen LogP contribution in [0.3, 0.4) is 0 Å². The first-order chi connectivity index (χ1) is 6.80. The molecule has 0 aromatic heterocycles. The fourth-order valence-corrected chi connectivity index (χ4v) is 1.86. The zero-order valence-corrected chi connectivity index (χ0v) is 9.25. The van der Waals surface area contributed by atoms with Gasteiger partial charge in [-0.1, -0.05) is 19.3 Å². The van der Waals surface area contributed by atoms with Crippen LogP contribution in [-0.4, -0.2) is 24.8 Å². The smallest absolute Gasteiger partial charge is 0.0689 e. The van der Waals surface area contributed by atoms with Crippen LogP contribution in [0.15, 0.2) is 0 Å². The molecule has 0 amide bonds. The fraction of sp³-hybridized carbons (Fsp3) is 0.833. The Morgan fingerprint density at radius 2 is 2.21 bits per heavy atom. The molecule has 0 bridgehead atoms. The molecule has 80 valence electrons. The molecule has 14 heavy (non-hydrogen) atoms. The monoisotopic (exact) mass is 195 g/mol. The minimum Gasteiger partial charge on any atom is -0.378 e. The highest BCUT2D eigenvalue weighted by Crippen LogP contribution is 2.23. The van der Waals surface area contributed by atoms with Crippen molar-refractivity contribution in [2.75, 3.05) is 6.61 Å². The minimum absolute atomic E-state index is 0.257. The quantitative estimate of drug-likeness (QED) is 0.654. The van der Waals surface area contributed by atoms with E-state index in [0.29, 0.717) is 12.1 Å². The standard InChI is InChI=1S/C12H21NO/c1-4-7-10(5-2)13-11-8-12(9-11)14-6-3/h2,10-13H,4,6-9H2,1,3H3. The zero-order chi connectivity index (χ0) is 10.4. The zero-order valence-electron chi connectivity index (χ0n) is 9.25. The molecule has 0 aliphatic heterocycles. The molecule has 1 unspecified atom stereocenters. The Kier molecular flexibility index (Phi) is 5.00. The van der Waals surface area contributed by atoms with E-state index in [-0.39, 0.29) is 6.04 Å². The van der Waals surface area contributed by atoms with Gasteiger partial charge in [-0.25, -0.2) is 0 Å². The van der Waals surface area contributed by atoms with Crippen molar-refractivity contribution in [1.82, 2.24) is 5.32 Å². The van der Waals surface area contributed by atoms with Crippen molar-refractivity contribution < 1.29 is 4.74 Å². The highest BCUT2D eigenvalue weighted by molar-refractivity contribution is 5.01. The maximum Gasteiger partial charge on any atom is 0.0689 e. The van der Waals surface area contributed by atoms with Gasteiger partial charge in [0.2, 0.25) is 0 Å². The van der Waals surface area contributed by atoms with Gasteiger partial charge in [0, 0.05) is 12.6 Å². The van der Waals surface area contributed by atoms with E-state index in [4.69, 9.17) is 11.2 Å². The van der Waals surface area contributed by atoms with Crippen LogP contribution in [0.1, 0.15) is 39.5 Å². The molecule has 0 aromatic rings. The fourth-order valence-electron chi connectivity index (χ4n) is 1.86. The van der Waals surface area contributed by atoms with Crippen molar-refractivity contribution in [3.8, 4) is 12.3 Å². The summed E-state index contributed by atoms with van der Waals surface area (Å²) in [7, 11) is 0. The van der Waals surface area contributed by atoms with Crippen LogP contribution in [-0.2, 0) is 4.74 Å². The van der Waals surface area contributed by atoms with Crippen molar-refractivity contribution in [3.05, 3.63) is 0 Å². The van der Waals surface area contributed by atoms with Gasteiger partial charge in [-0.15, -0.1) is 6.42 Å². The lowest BCUT2D eigenvalue weighted by molar-refractivity contribution is -0.0112. The first kappa shape index (κ1) is 11.6. The number of nitrogens with one attached hydrogen (secondary N) is 1. The van der Waals surface area contributed by atoms with Crippen LogP contribution >= 0.6 is 0 Å². The maximum absolute atomic E-state index is 5.49. The molecule has 1 fully saturated rings. The summed E-state index contributed by atoms with van der Waals surface area (Å²) in [5, 5.41) is 3.48. The number of hydrogen-bond acceptors (Lipinski definition) is 2. The molecule has 2 nitrogen and oxygen atoms in total. The molecular weight excluding hydrogens is 174 g/mol. The second-order valence-electron chi connectivity index (χ2n) is 3.92. The van der Waals surface area contributed by atoms with Gasteiger partial charge in [0.1, 0.15) is 0 Å². The van der Waals surface area contributed by atoms with Crippen molar-refractivity contribution >= 4 is 0 Å². The predicted octanol–water partition coefficient (Wildman–Crippen LogP) is 1.95. The third-order valence-corrected chi connectivity index (χ3v) is 2.71. The molecular formula is C12H21NO. The molecule has 1 atom stereocenters. The molecule has 0 radical (unpaired) electrons. The van der Waals surface area contributed by atoms with Crippen LogP contribution in [0.2, 0.25) is 0 Å². The van der Waals surface area contributed by atoms with Gasteiger partial charge in [0.05, 0.1) is 12.1 Å². The summed E-state index contributed by atoms with van der Waals surface area (Å²) < 4.78 is 5.49. The normalized spacial score (nSPS) is 27.8. The summed E-state index contributed by atoms with van der Waals surface area (Å²) in [6.07, 6.45) is 10.4. The topological polar surface area (TPSA) is 21.3 Å². The van der Waals surface area contributed by atoms with E-state index in [0.717, 1.165) is 32.3 Å². The Labute approximate surface area is 87.4 Å². The molecule has 0 heterocycles. The molecule has 0 aromatic carbocycles. The lowest BCUT2D eigenvalue weighted by Gasteiger charge is -2.37. The van der Waals surface area contributed by atoms with Crippen molar-refractivity contribution in [1.29, 1.82) is 0 Å². The van der Waals surface area contributed by atoms with Crippen LogP contribution in [0.4, 0.5) is 0 Å².